The van der Waals surface area contributed by atoms with Crippen LogP contribution in [0.1, 0.15) is 25.2 Å². The van der Waals surface area contributed by atoms with Crippen LogP contribution in [-0.4, -0.2) is 38.8 Å². The summed E-state index contributed by atoms with van der Waals surface area (Å²) in [6, 6.07) is 0. The Balaban J connectivity index is 3.10. The Morgan fingerprint density at radius 3 is 2.25 bits per heavy atom. The first-order valence-corrected chi connectivity index (χ1v) is 4.92. The Labute approximate surface area is 94.3 Å². The van der Waals surface area contributed by atoms with Crippen LogP contribution in [0.25, 0.3) is 0 Å². The fourth-order valence-electron chi connectivity index (χ4n) is 0.981. The fourth-order valence-corrected chi connectivity index (χ4v) is 0.981. The first-order valence-electron chi connectivity index (χ1n) is 4.92. The third-order valence-corrected chi connectivity index (χ3v) is 2.74. The van der Waals surface area contributed by atoms with Gasteiger partial charge in [-0.2, -0.15) is 5.10 Å². The summed E-state index contributed by atoms with van der Waals surface area (Å²) >= 11 is 0. The van der Waals surface area contributed by atoms with E-state index < -0.39 is 11.5 Å². The van der Waals surface area contributed by atoms with E-state index in [-0.39, 0.29) is 0 Å². The molecular weight excluding hydrogens is 208 g/mol. The van der Waals surface area contributed by atoms with Gasteiger partial charge in [0.05, 0.1) is 11.4 Å². The molecule has 6 heteroatoms. The lowest BCUT2D eigenvalue weighted by Gasteiger charge is -2.31. The molecule has 6 nitrogen and oxygen atoms in total. The highest BCUT2D eigenvalue weighted by molar-refractivity contribution is 5.81. The summed E-state index contributed by atoms with van der Waals surface area (Å²) in [6.45, 7) is 6.80. The maximum absolute atomic E-state index is 11.1. The smallest absolute Gasteiger partial charge is 0.329 e. The molecule has 0 aliphatic heterocycles. The zero-order chi connectivity index (χ0) is 12.5. The molecule has 1 N–H and O–H groups in total. The second-order valence-corrected chi connectivity index (χ2v) is 4.21. The van der Waals surface area contributed by atoms with Crippen molar-refractivity contribution in [1.82, 2.24) is 15.2 Å². The number of aliphatic carboxylic acids is 1. The van der Waals surface area contributed by atoms with Gasteiger partial charge in [0.2, 0.25) is 5.95 Å². The summed E-state index contributed by atoms with van der Waals surface area (Å²) in [5.74, 6) is -0.618. The molecule has 0 amide bonds. The molecule has 0 spiro atoms. The number of hydrogen-bond donors (Lipinski definition) is 1. The van der Waals surface area contributed by atoms with E-state index in [1.54, 1.807) is 27.8 Å². The Hall–Kier alpha value is -1.72. The third-order valence-electron chi connectivity index (χ3n) is 2.74. The highest BCUT2D eigenvalue weighted by atomic mass is 16.4. The predicted octanol–water partition coefficient (Wildman–Crippen LogP) is 0.788. The van der Waals surface area contributed by atoms with Crippen LogP contribution < -0.4 is 4.90 Å². The van der Waals surface area contributed by atoms with Crippen LogP contribution in [0.15, 0.2) is 0 Å². The average Bonchev–Trinajstić information content (AvgIpc) is 2.20. The minimum atomic E-state index is -1.07. The largest absolute Gasteiger partial charge is 0.480 e. The summed E-state index contributed by atoms with van der Waals surface area (Å²) in [5.41, 5.74) is 0.423. The number of nitrogens with zero attached hydrogens (tertiary/aromatic N) is 4. The summed E-state index contributed by atoms with van der Waals surface area (Å²) in [5, 5.41) is 16.9. The zero-order valence-corrected chi connectivity index (χ0v) is 10.1. The molecule has 88 valence electrons. The van der Waals surface area contributed by atoms with E-state index in [1.165, 1.54) is 4.90 Å². The van der Waals surface area contributed by atoms with Gasteiger partial charge >= 0.3 is 5.97 Å². The molecule has 0 saturated carbocycles. The van der Waals surface area contributed by atoms with E-state index in [4.69, 9.17) is 5.11 Å². The Morgan fingerprint density at radius 1 is 1.25 bits per heavy atom. The first kappa shape index (κ1) is 12.4. The van der Waals surface area contributed by atoms with E-state index in [9.17, 15) is 4.79 Å². The Bertz CT molecular complexity index is 417. The molecule has 0 bridgehead atoms. The summed E-state index contributed by atoms with van der Waals surface area (Å²) in [7, 11) is 1.64. The highest BCUT2D eigenvalue weighted by Crippen LogP contribution is 2.18. The molecule has 0 unspecified atom stereocenters. The number of carbonyl (C=O) groups is 1. The molecule has 0 atom stereocenters. The van der Waals surface area contributed by atoms with Crippen LogP contribution >= 0.6 is 0 Å². The van der Waals surface area contributed by atoms with Crippen molar-refractivity contribution in [2.24, 2.45) is 0 Å². The number of hydrogen-bond acceptors (Lipinski definition) is 5. The van der Waals surface area contributed by atoms with Crippen molar-refractivity contribution < 1.29 is 9.90 Å². The number of aryl methyl sites for hydroxylation is 2. The van der Waals surface area contributed by atoms with Crippen molar-refractivity contribution in [3.8, 4) is 0 Å². The van der Waals surface area contributed by atoms with Crippen molar-refractivity contribution in [3.05, 3.63) is 11.4 Å². The highest BCUT2D eigenvalue weighted by Gasteiger charge is 2.34. The van der Waals surface area contributed by atoms with E-state index in [2.05, 4.69) is 15.2 Å². The van der Waals surface area contributed by atoms with E-state index >= 15 is 0 Å². The van der Waals surface area contributed by atoms with Crippen molar-refractivity contribution >= 4 is 11.9 Å². The molecular formula is C10H16N4O2. The van der Waals surface area contributed by atoms with Crippen LogP contribution in [0.2, 0.25) is 0 Å². The SMILES string of the molecule is Cc1nnc(N(C)C(C)(C)C(=O)O)nc1C. The standard InChI is InChI=1S/C10H16N4O2/c1-6-7(2)12-13-9(11-6)14(5)10(3,4)8(15)16/h1-5H3,(H,15,16). The molecule has 0 saturated heterocycles. The second-order valence-electron chi connectivity index (χ2n) is 4.21. The Kier molecular flexibility index (Phi) is 3.11. The molecule has 0 radical (unpaired) electrons. The third kappa shape index (κ3) is 2.10. The lowest BCUT2D eigenvalue weighted by atomic mass is 10.1. The predicted molar refractivity (Wildman–Crippen MR) is 59.4 cm³/mol. The number of carboxylic acids is 1. The van der Waals surface area contributed by atoms with Crippen LogP contribution in [0.3, 0.4) is 0 Å². The summed E-state index contributed by atoms with van der Waals surface area (Å²) in [4.78, 5) is 16.8. The minimum Gasteiger partial charge on any atom is -0.480 e. The van der Waals surface area contributed by atoms with Crippen molar-refractivity contribution in [3.63, 3.8) is 0 Å². The molecule has 1 aromatic rings. The number of aromatic nitrogens is 3. The number of likely N-dealkylation sites (N-methyl/N-ethyl adjacent to an activating group) is 1. The van der Waals surface area contributed by atoms with Gasteiger partial charge in [-0.3, -0.25) is 0 Å². The van der Waals surface area contributed by atoms with E-state index in [0.717, 1.165) is 11.4 Å². The van der Waals surface area contributed by atoms with Crippen LogP contribution in [0, 0.1) is 13.8 Å². The van der Waals surface area contributed by atoms with Crippen LogP contribution in [0.4, 0.5) is 5.95 Å². The van der Waals surface area contributed by atoms with Gasteiger partial charge in [0.1, 0.15) is 5.54 Å². The molecule has 0 fully saturated rings. The van der Waals surface area contributed by atoms with Gasteiger partial charge in [0.25, 0.3) is 0 Å². The number of rotatable bonds is 3. The zero-order valence-electron chi connectivity index (χ0n) is 10.1. The number of carboxylic acid groups (broad SMARTS) is 1. The number of anilines is 1. The topological polar surface area (TPSA) is 79.2 Å². The Morgan fingerprint density at radius 2 is 1.81 bits per heavy atom. The normalized spacial score (nSPS) is 11.3. The van der Waals surface area contributed by atoms with Gasteiger partial charge < -0.3 is 10.0 Å². The molecule has 1 aromatic heterocycles. The maximum Gasteiger partial charge on any atom is 0.329 e. The molecule has 0 aliphatic rings. The molecule has 0 aliphatic carbocycles. The summed E-state index contributed by atoms with van der Waals surface area (Å²) < 4.78 is 0. The fraction of sp³-hybridized carbons (Fsp3) is 0.600. The van der Waals surface area contributed by atoms with Gasteiger partial charge in [0, 0.05) is 7.05 Å². The molecule has 1 heterocycles. The minimum absolute atomic E-state index is 0.315. The van der Waals surface area contributed by atoms with Crippen molar-refractivity contribution in [1.29, 1.82) is 0 Å². The molecule has 16 heavy (non-hydrogen) atoms. The van der Waals surface area contributed by atoms with E-state index in [1.807, 2.05) is 6.92 Å². The van der Waals surface area contributed by atoms with Gasteiger partial charge in [-0.05, 0) is 27.7 Å². The average molecular weight is 224 g/mol. The van der Waals surface area contributed by atoms with Gasteiger partial charge in [0.15, 0.2) is 0 Å². The maximum atomic E-state index is 11.1. The lowest BCUT2D eigenvalue weighted by Crippen LogP contribution is -2.49. The molecule has 1 rings (SSSR count). The van der Waals surface area contributed by atoms with Crippen molar-refractivity contribution in [2.45, 2.75) is 33.2 Å². The van der Waals surface area contributed by atoms with Crippen LogP contribution in [-0.2, 0) is 4.79 Å². The lowest BCUT2D eigenvalue weighted by molar-refractivity contribution is -0.142. The van der Waals surface area contributed by atoms with Gasteiger partial charge in [-0.15, -0.1) is 5.10 Å². The van der Waals surface area contributed by atoms with Gasteiger partial charge in [-0.1, -0.05) is 0 Å². The quantitative estimate of drug-likeness (QED) is 0.817. The van der Waals surface area contributed by atoms with Gasteiger partial charge in [-0.25, -0.2) is 9.78 Å². The van der Waals surface area contributed by atoms with E-state index in [0.29, 0.717) is 5.95 Å². The van der Waals surface area contributed by atoms with Crippen molar-refractivity contribution in [2.75, 3.05) is 11.9 Å². The summed E-state index contributed by atoms with van der Waals surface area (Å²) in [6.07, 6.45) is 0. The second kappa shape index (κ2) is 4.03. The monoisotopic (exact) mass is 224 g/mol. The van der Waals surface area contributed by atoms with Crippen LogP contribution in [0.5, 0.6) is 0 Å². The molecule has 0 aromatic carbocycles. The first-order chi connectivity index (χ1) is 7.26.